The van der Waals surface area contributed by atoms with Gasteiger partial charge in [-0.05, 0) is 25.0 Å². The van der Waals surface area contributed by atoms with Gasteiger partial charge < -0.3 is 4.74 Å². The van der Waals surface area contributed by atoms with E-state index in [1.165, 1.54) is 19.1 Å². The molecule has 110 valence electrons. The van der Waals surface area contributed by atoms with Gasteiger partial charge in [-0.25, -0.2) is 9.78 Å². The Balaban J connectivity index is 2.29. The van der Waals surface area contributed by atoms with Crippen molar-refractivity contribution < 1.29 is 23.2 Å². The highest BCUT2D eigenvalue weighted by Gasteiger charge is 2.45. The van der Waals surface area contributed by atoms with E-state index < -0.39 is 34.5 Å². The van der Waals surface area contributed by atoms with Crippen LogP contribution in [-0.4, -0.2) is 28.5 Å². The summed E-state index contributed by atoms with van der Waals surface area (Å²) in [6.07, 6.45) is 0. The molecular formula is C13H10F2N2O4. The minimum Gasteiger partial charge on any atom is -0.461 e. The smallest absolute Gasteiger partial charge is 0.384 e. The zero-order valence-electron chi connectivity index (χ0n) is 10.9. The first-order valence-corrected chi connectivity index (χ1v) is 6.05. The Morgan fingerprint density at radius 1 is 1.52 bits per heavy atom. The highest BCUT2D eigenvalue weighted by atomic mass is 19.3. The van der Waals surface area contributed by atoms with E-state index >= 15 is 0 Å². The first kappa shape index (κ1) is 14.8. The Bertz CT molecular complexity index is 651. The molecule has 0 saturated carbocycles. The molecule has 0 saturated heterocycles. The number of esters is 1. The SMILES string of the molecule is CCOC(=O)C(F)(F)c1cccc(C2C#CC2[N+](=O)[O-])n1. The number of rotatable bonds is 5. The monoisotopic (exact) mass is 296 g/mol. The lowest BCUT2D eigenvalue weighted by atomic mass is 9.89. The molecule has 1 aromatic heterocycles. The fraction of sp³-hybridized carbons (Fsp3) is 0.385. The van der Waals surface area contributed by atoms with E-state index in [0.29, 0.717) is 0 Å². The van der Waals surface area contributed by atoms with Crippen LogP contribution in [0.2, 0.25) is 0 Å². The number of halogens is 2. The van der Waals surface area contributed by atoms with Gasteiger partial charge in [0.2, 0.25) is 0 Å². The first-order valence-electron chi connectivity index (χ1n) is 6.05. The molecule has 0 radical (unpaired) electrons. The molecule has 0 spiro atoms. The van der Waals surface area contributed by atoms with E-state index in [-0.39, 0.29) is 12.3 Å². The molecular weight excluding hydrogens is 286 g/mol. The van der Waals surface area contributed by atoms with Crippen LogP contribution in [-0.2, 0) is 15.5 Å². The van der Waals surface area contributed by atoms with E-state index in [1.807, 2.05) is 0 Å². The molecule has 2 atom stereocenters. The van der Waals surface area contributed by atoms with Crippen LogP contribution >= 0.6 is 0 Å². The van der Waals surface area contributed by atoms with Crippen molar-refractivity contribution in [3.05, 3.63) is 39.7 Å². The maximum absolute atomic E-state index is 13.9. The third-order valence-electron chi connectivity index (χ3n) is 2.87. The van der Waals surface area contributed by atoms with Gasteiger partial charge in [-0.3, -0.25) is 10.1 Å². The van der Waals surface area contributed by atoms with Crippen molar-refractivity contribution in [2.75, 3.05) is 6.61 Å². The lowest BCUT2D eigenvalue weighted by molar-refractivity contribution is -0.511. The van der Waals surface area contributed by atoms with Crippen LogP contribution < -0.4 is 0 Å². The summed E-state index contributed by atoms with van der Waals surface area (Å²) < 4.78 is 32.0. The van der Waals surface area contributed by atoms with Crippen LogP contribution in [0.3, 0.4) is 0 Å². The maximum atomic E-state index is 13.9. The Kier molecular flexibility index (Phi) is 3.84. The van der Waals surface area contributed by atoms with Crippen molar-refractivity contribution in [3.8, 4) is 11.8 Å². The Labute approximate surface area is 118 Å². The molecule has 1 aliphatic rings. The van der Waals surface area contributed by atoms with Gasteiger partial charge in [0.05, 0.1) is 12.3 Å². The Hall–Kier alpha value is -2.56. The topological polar surface area (TPSA) is 82.3 Å². The molecule has 1 aliphatic carbocycles. The van der Waals surface area contributed by atoms with Gasteiger partial charge in [0, 0.05) is 4.92 Å². The highest BCUT2D eigenvalue weighted by molar-refractivity contribution is 5.78. The number of alkyl halides is 2. The Morgan fingerprint density at radius 3 is 2.76 bits per heavy atom. The van der Waals surface area contributed by atoms with Gasteiger partial charge in [-0.15, -0.1) is 0 Å². The molecule has 2 unspecified atom stereocenters. The average Bonchev–Trinajstić information content (AvgIpc) is 2.37. The summed E-state index contributed by atoms with van der Waals surface area (Å²) in [5.41, 5.74) is -0.772. The van der Waals surface area contributed by atoms with Gasteiger partial charge >= 0.3 is 11.9 Å². The van der Waals surface area contributed by atoms with Gasteiger partial charge in [0.25, 0.3) is 6.04 Å². The largest absolute Gasteiger partial charge is 0.461 e. The third kappa shape index (κ3) is 2.67. The molecule has 0 fully saturated rings. The molecule has 0 bridgehead atoms. The van der Waals surface area contributed by atoms with Crippen molar-refractivity contribution in [1.82, 2.24) is 4.98 Å². The molecule has 1 aromatic rings. The molecule has 6 nitrogen and oxygen atoms in total. The minimum absolute atomic E-state index is 0.0388. The number of ether oxygens (including phenoxy) is 1. The number of hydrogen-bond acceptors (Lipinski definition) is 5. The quantitative estimate of drug-likeness (QED) is 0.356. The lowest BCUT2D eigenvalue weighted by Crippen LogP contribution is -2.33. The average molecular weight is 296 g/mol. The second-order valence-electron chi connectivity index (χ2n) is 4.24. The molecule has 2 rings (SSSR count). The summed E-state index contributed by atoms with van der Waals surface area (Å²) in [6.45, 7) is 1.22. The second kappa shape index (κ2) is 5.44. The number of nitro groups is 1. The number of nitrogens with zero attached hydrogens (tertiary/aromatic N) is 2. The number of carbonyl (C=O) groups excluding carboxylic acids is 1. The van der Waals surface area contributed by atoms with Gasteiger partial charge in [0.1, 0.15) is 11.6 Å². The van der Waals surface area contributed by atoms with E-state index in [1.54, 1.807) is 0 Å². The molecule has 8 heteroatoms. The van der Waals surface area contributed by atoms with E-state index in [0.717, 1.165) is 6.07 Å². The van der Waals surface area contributed by atoms with Crippen molar-refractivity contribution in [2.24, 2.45) is 0 Å². The predicted octanol–water partition coefficient (Wildman–Crippen LogP) is 1.48. The fourth-order valence-corrected chi connectivity index (χ4v) is 1.78. The number of carbonyl (C=O) groups is 1. The summed E-state index contributed by atoms with van der Waals surface area (Å²) in [6, 6.07) is 2.42. The summed E-state index contributed by atoms with van der Waals surface area (Å²) in [7, 11) is 0. The second-order valence-corrected chi connectivity index (χ2v) is 4.24. The van der Waals surface area contributed by atoms with Crippen LogP contribution in [0.5, 0.6) is 0 Å². The van der Waals surface area contributed by atoms with Crippen molar-refractivity contribution in [3.63, 3.8) is 0 Å². The number of pyridine rings is 1. The van der Waals surface area contributed by atoms with Crippen LogP contribution in [0.25, 0.3) is 0 Å². The maximum Gasteiger partial charge on any atom is 0.384 e. The van der Waals surface area contributed by atoms with E-state index in [4.69, 9.17) is 0 Å². The van der Waals surface area contributed by atoms with Crippen molar-refractivity contribution in [1.29, 1.82) is 0 Å². The Morgan fingerprint density at radius 2 is 2.24 bits per heavy atom. The third-order valence-corrected chi connectivity index (χ3v) is 2.87. The summed E-state index contributed by atoms with van der Waals surface area (Å²) in [5.74, 6) is -1.63. The minimum atomic E-state index is -3.91. The van der Waals surface area contributed by atoms with Gasteiger partial charge in [-0.1, -0.05) is 12.0 Å². The highest BCUT2D eigenvalue weighted by Crippen LogP contribution is 2.31. The van der Waals surface area contributed by atoms with Crippen LogP contribution in [0.1, 0.15) is 24.2 Å². The number of hydrogen-bond donors (Lipinski definition) is 0. The van der Waals surface area contributed by atoms with E-state index in [9.17, 15) is 23.7 Å². The summed E-state index contributed by atoms with van der Waals surface area (Å²) in [4.78, 5) is 25.0. The first-order chi connectivity index (χ1) is 9.87. The van der Waals surface area contributed by atoms with E-state index in [2.05, 4.69) is 21.6 Å². The predicted molar refractivity (Wildman–Crippen MR) is 66.1 cm³/mol. The molecule has 0 amide bonds. The van der Waals surface area contributed by atoms with Crippen molar-refractivity contribution in [2.45, 2.75) is 24.8 Å². The summed E-state index contributed by atoms with van der Waals surface area (Å²) in [5, 5.41) is 10.7. The summed E-state index contributed by atoms with van der Waals surface area (Å²) >= 11 is 0. The molecule has 21 heavy (non-hydrogen) atoms. The molecule has 0 aromatic carbocycles. The standard InChI is InChI=1S/C13H10F2N2O4/c1-2-21-12(18)13(14,15)11-5-3-4-9(16-11)8-6-7-10(8)17(19)20/h3-5,8,10H,2H2,1H3. The fourth-order valence-electron chi connectivity index (χ4n) is 1.78. The molecule has 0 N–H and O–H groups in total. The zero-order valence-corrected chi connectivity index (χ0v) is 10.9. The zero-order chi connectivity index (χ0) is 15.6. The van der Waals surface area contributed by atoms with Gasteiger partial charge in [-0.2, -0.15) is 8.78 Å². The van der Waals surface area contributed by atoms with Crippen LogP contribution in [0.15, 0.2) is 18.2 Å². The van der Waals surface area contributed by atoms with Crippen molar-refractivity contribution >= 4 is 5.97 Å². The molecule has 1 heterocycles. The number of aromatic nitrogens is 1. The van der Waals surface area contributed by atoms with Gasteiger partial charge in [0.15, 0.2) is 0 Å². The molecule has 0 aliphatic heterocycles. The van der Waals surface area contributed by atoms with Crippen LogP contribution in [0.4, 0.5) is 8.78 Å². The van der Waals surface area contributed by atoms with Crippen LogP contribution in [0, 0.1) is 22.0 Å². The normalized spacial score (nSPS) is 20.0. The lowest BCUT2D eigenvalue weighted by Gasteiger charge is -2.19.